The van der Waals surface area contributed by atoms with Gasteiger partial charge in [0.2, 0.25) is 0 Å². The first-order valence-electron chi connectivity index (χ1n) is 6.59. The molecule has 0 atom stereocenters. The van der Waals surface area contributed by atoms with Gasteiger partial charge in [-0.05, 0) is 24.5 Å². The fourth-order valence-electron chi connectivity index (χ4n) is 2.32. The molecule has 18 heavy (non-hydrogen) atoms. The molecule has 1 aromatic heterocycles. The molecule has 1 aliphatic carbocycles. The quantitative estimate of drug-likeness (QED) is 0.865. The molecule has 94 valence electrons. The van der Waals surface area contributed by atoms with Crippen LogP contribution in [0.15, 0.2) is 24.3 Å². The lowest BCUT2D eigenvalue weighted by Gasteiger charge is -2.25. The molecule has 2 aromatic rings. The predicted molar refractivity (Wildman–Crippen MR) is 74.4 cm³/mol. The highest BCUT2D eigenvalue weighted by atomic mass is 15.1. The van der Waals surface area contributed by atoms with E-state index in [1.165, 1.54) is 25.7 Å². The molecule has 4 nitrogen and oxygen atoms in total. The number of para-hydroxylation sites is 2. The average Bonchev–Trinajstić information content (AvgIpc) is 2.32. The summed E-state index contributed by atoms with van der Waals surface area (Å²) in [5.41, 5.74) is 7.65. The van der Waals surface area contributed by atoms with Gasteiger partial charge in [0.1, 0.15) is 0 Å². The Morgan fingerprint density at radius 2 is 1.89 bits per heavy atom. The number of aromatic nitrogens is 2. The summed E-state index contributed by atoms with van der Waals surface area (Å²) in [6.07, 6.45) is 5.34. The Morgan fingerprint density at radius 3 is 2.56 bits per heavy atom. The maximum Gasteiger partial charge on any atom is 0.169 e. The van der Waals surface area contributed by atoms with Gasteiger partial charge >= 0.3 is 0 Å². The van der Waals surface area contributed by atoms with Crippen LogP contribution in [-0.2, 0) is 0 Å². The Morgan fingerprint density at radius 1 is 1.17 bits per heavy atom. The van der Waals surface area contributed by atoms with Crippen LogP contribution in [0.1, 0.15) is 25.7 Å². The van der Waals surface area contributed by atoms with E-state index in [9.17, 15) is 0 Å². The highest BCUT2D eigenvalue weighted by Gasteiger charge is 2.16. The van der Waals surface area contributed by atoms with Gasteiger partial charge in [0, 0.05) is 6.54 Å². The van der Waals surface area contributed by atoms with Gasteiger partial charge in [0.15, 0.2) is 11.6 Å². The predicted octanol–water partition coefficient (Wildman–Crippen LogP) is 2.81. The molecular formula is C14H18N4. The van der Waals surface area contributed by atoms with Crippen molar-refractivity contribution in [2.75, 3.05) is 17.6 Å². The highest BCUT2D eigenvalue weighted by molar-refractivity contribution is 5.79. The first kappa shape index (κ1) is 11.3. The van der Waals surface area contributed by atoms with E-state index in [-0.39, 0.29) is 0 Å². The van der Waals surface area contributed by atoms with Gasteiger partial charge in [0.05, 0.1) is 11.0 Å². The summed E-state index contributed by atoms with van der Waals surface area (Å²) >= 11 is 0. The maximum atomic E-state index is 5.91. The van der Waals surface area contributed by atoms with E-state index in [0.717, 1.165) is 23.5 Å². The summed E-state index contributed by atoms with van der Waals surface area (Å²) < 4.78 is 0. The van der Waals surface area contributed by atoms with Crippen molar-refractivity contribution in [3.05, 3.63) is 24.3 Å². The number of nitrogens with two attached hydrogens (primary N) is 1. The lowest BCUT2D eigenvalue weighted by atomic mass is 9.83. The largest absolute Gasteiger partial charge is 0.381 e. The lowest BCUT2D eigenvalue weighted by Crippen LogP contribution is -2.16. The second-order valence-electron chi connectivity index (χ2n) is 4.96. The fraction of sp³-hybridized carbons (Fsp3) is 0.429. The van der Waals surface area contributed by atoms with Gasteiger partial charge in [-0.25, -0.2) is 9.97 Å². The van der Waals surface area contributed by atoms with Crippen molar-refractivity contribution in [3.8, 4) is 0 Å². The van der Waals surface area contributed by atoms with E-state index in [2.05, 4.69) is 15.3 Å². The van der Waals surface area contributed by atoms with E-state index in [1.54, 1.807) is 0 Å². The summed E-state index contributed by atoms with van der Waals surface area (Å²) in [5.74, 6) is 2.10. The number of nitrogen functional groups attached to an aromatic ring is 1. The number of hydrogen-bond acceptors (Lipinski definition) is 4. The number of rotatable bonds is 4. The van der Waals surface area contributed by atoms with E-state index >= 15 is 0 Å². The number of benzene rings is 1. The van der Waals surface area contributed by atoms with Crippen molar-refractivity contribution in [2.24, 2.45) is 5.92 Å². The molecule has 1 aromatic carbocycles. The van der Waals surface area contributed by atoms with Gasteiger partial charge in [0.25, 0.3) is 0 Å². The standard InChI is InChI=1S/C14H18N4/c15-13-14(16-9-8-10-4-3-5-10)18-12-7-2-1-6-11(12)17-13/h1-2,6-7,10H,3-5,8-9H2,(H2,15,17)(H,16,18). The minimum atomic E-state index is 0.488. The minimum Gasteiger partial charge on any atom is -0.381 e. The number of fused-ring (bicyclic) bond motifs is 1. The third kappa shape index (κ3) is 2.23. The van der Waals surface area contributed by atoms with Crippen LogP contribution in [0.5, 0.6) is 0 Å². The summed E-state index contributed by atoms with van der Waals surface area (Å²) in [7, 11) is 0. The fourth-order valence-corrected chi connectivity index (χ4v) is 2.32. The van der Waals surface area contributed by atoms with Crippen molar-refractivity contribution < 1.29 is 0 Å². The zero-order valence-electron chi connectivity index (χ0n) is 10.4. The molecule has 1 fully saturated rings. The Hall–Kier alpha value is -1.84. The van der Waals surface area contributed by atoms with Crippen molar-refractivity contribution in [1.29, 1.82) is 0 Å². The second-order valence-corrected chi connectivity index (χ2v) is 4.96. The molecule has 0 bridgehead atoms. The lowest BCUT2D eigenvalue weighted by molar-refractivity contribution is 0.303. The Balaban J connectivity index is 1.72. The van der Waals surface area contributed by atoms with E-state index in [0.29, 0.717) is 11.6 Å². The van der Waals surface area contributed by atoms with Crippen LogP contribution in [0.4, 0.5) is 11.6 Å². The summed E-state index contributed by atoms with van der Waals surface area (Å²) in [4.78, 5) is 8.88. The van der Waals surface area contributed by atoms with Crippen LogP contribution in [-0.4, -0.2) is 16.5 Å². The number of nitrogens with one attached hydrogen (secondary N) is 1. The van der Waals surface area contributed by atoms with Gasteiger partial charge in [-0.15, -0.1) is 0 Å². The SMILES string of the molecule is Nc1nc2ccccc2nc1NCCC1CCC1. The first-order chi connectivity index (χ1) is 8.83. The van der Waals surface area contributed by atoms with Crippen LogP contribution in [0.2, 0.25) is 0 Å². The highest BCUT2D eigenvalue weighted by Crippen LogP contribution is 2.29. The smallest absolute Gasteiger partial charge is 0.169 e. The third-order valence-corrected chi connectivity index (χ3v) is 3.67. The monoisotopic (exact) mass is 242 g/mol. The molecule has 0 spiro atoms. The zero-order valence-corrected chi connectivity index (χ0v) is 10.4. The van der Waals surface area contributed by atoms with Crippen LogP contribution in [0.3, 0.4) is 0 Å². The molecule has 4 heteroatoms. The summed E-state index contributed by atoms with van der Waals surface area (Å²) in [5, 5.41) is 3.31. The Kier molecular flexibility index (Phi) is 3.00. The first-order valence-corrected chi connectivity index (χ1v) is 6.59. The zero-order chi connectivity index (χ0) is 12.4. The number of nitrogens with zero attached hydrogens (tertiary/aromatic N) is 2. The molecule has 1 heterocycles. The molecular weight excluding hydrogens is 224 g/mol. The van der Waals surface area contributed by atoms with E-state index in [4.69, 9.17) is 5.73 Å². The van der Waals surface area contributed by atoms with E-state index in [1.807, 2.05) is 24.3 Å². The van der Waals surface area contributed by atoms with Crippen molar-refractivity contribution >= 4 is 22.7 Å². The second kappa shape index (κ2) is 4.80. The summed E-state index contributed by atoms with van der Waals surface area (Å²) in [6.45, 7) is 0.932. The third-order valence-electron chi connectivity index (χ3n) is 3.67. The van der Waals surface area contributed by atoms with Crippen molar-refractivity contribution in [3.63, 3.8) is 0 Å². The van der Waals surface area contributed by atoms with Crippen LogP contribution < -0.4 is 11.1 Å². The molecule has 0 amide bonds. The molecule has 0 aliphatic heterocycles. The van der Waals surface area contributed by atoms with Gasteiger partial charge < -0.3 is 11.1 Å². The van der Waals surface area contributed by atoms with Crippen molar-refractivity contribution in [2.45, 2.75) is 25.7 Å². The average molecular weight is 242 g/mol. The molecule has 0 saturated heterocycles. The molecule has 0 radical (unpaired) electrons. The minimum absolute atomic E-state index is 0.488. The molecule has 1 aliphatic rings. The topological polar surface area (TPSA) is 63.8 Å². The number of hydrogen-bond donors (Lipinski definition) is 2. The van der Waals surface area contributed by atoms with E-state index < -0.39 is 0 Å². The maximum absolute atomic E-state index is 5.91. The Labute approximate surface area is 107 Å². The van der Waals surface area contributed by atoms with Gasteiger partial charge in [-0.1, -0.05) is 31.4 Å². The van der Waals surface area contributed by atoms with Crippen LogP contribution in [0, 0.1) is 5.92 Å². The number of anilines is 2. The van der Waals surface area contributed by atoms with Gasteiger partial charge in [-0.2, -0.15) is 0 Å². The molecule has 0 unspecified atom stereocenters. The Bertz CT molecular complexity index is 548. The molecule has 3 rings (SSSR count). The summed E-state index contributed by atoms with van der Waals surface area (Å²) in [6, 6.07) is 7.79. The van der Waals surface area contributed by atoms with Crippen LogP contribution in [0.25, 0.3) is 11.0 Å². The van der Waals surface area contributed by atoms with Gasteiger partial charge in [-0.3, -0.25) is 0 Å². The van der Waals surface area contributed by atoms with Crippen molar-refractivity contribution in [1.82, 2.24) is 9.97 Å². The molecule has 3 N–H and O–H groups in total. The van der Waals surface area contributed by atoms with Crippen LogP contribution >= 0.6 is 0 Å². The normalized spacial score (nSPS) is 15.6. The molecule has 1 saturated carbocycles.